The number of anilines is 2. The number of rotatable bonds is 6. The van der Waals surface area contributed by atoms with E-state index >= 15 is 0 Å². The van der Waals surface area contributed by atoms with Crippen LogP contribution in [0.2, 0.25) is 5.02 Å². The van der Waals surface area contributed by atoms with Gasteiger partial charge in [0.1, 0.15) is 23.0 Å². The minimum atomic E-state index is 0.200. The second kappa shape index (κ2) is 7.49. The Morgan fingerprint density at radius 3 is 2.88 bits per heavy atom. The van der Waals surface area contributed by atoms with Crippen molar-refractivity contribution in [3.63, 3.8) is 0 Å². The molecule has 1 aromatic carbocycles. The second-order valence-electron chi connectivity index (χ2n) is 5.95. The predicted molar refractivity (Wildman–Crippen MR) is 94.8 cm³/mol. The minimum Gasteiger partial charge on any atom is -0.382 e. The molecule has 0 saturated carbocycles. The molecule has 0 spiro atoms. The highest BCUT2D eigenvalue weighted by molar-refractivity contribution is 6.35. The average Bonchev–Trinajstić information content (AvgIpc) is 2.95. The lowest BCUT2D eigenvalue weighted by Gasteiger charge is -2.17. The molecule has 1 saturated heterocycles. The van der Waals surface area contributed by atoms with Crippen molar-refractivity contribution < 1.29 is 4.79 Å². The molecule has 7 heteroatoms. The van der Waals surface area contributed by atoms with Gasteiger partial charge in [-0.15, -0.1) is 0 Å². The Labute approximate surface area is 146 Å². The number of aromatic nitrogens is 2. The maximum Gasteiger partial charge on any atom is 0.223 e. The molecule has 6 nitrogen and oxygen atoms in total. The number of carbonyl (C=O) groups excluding carboxylic acids is 1. The largest absolute Gasteiger partial charge is 0.382 e. The molecular formula is C17H20ClN5O. The van der Waals surface area contributed by atoms with Gasteiger partial charge in [0.25, 0.3) is 0 Å². The molecule has 1 atom stereocenters. The van der Waals surface area contributed by atoms with Crippen LogP contribution in [-0.4, -0.2) is 40.4 Å². The first kappa shape index (κ1) is 16.5. The smallest absolute Gasteiger partial charge is 0.223 e. The lowest BCUT2D eigenvalue weighted by molar-refractivity contribution is -0.127. The van der Waals surface area contributed by atoms with Crippen LogP contribution in [0.1, 0.15) is 12.0 Å². The fraction of sp³-hybridized carbons (Fsp3) is 0.353. The van der Waals surface area contributed by atoms with Gasteiger partial charge in [0.15, 0.2) is 0 Å². The Bertz CT molecular complexity index is 709. The summed E-state index contributed by atoms with van der Waals surface area (Å²) in [6, 6.07) is 10.2. The van der Waals surface area contributed by atoms with Crippen molar-refractivity contribution in [2.75, 3.05) is 30.7 Å². The highest BCUT2D eigenvalue weighted by Gasteiger charge is 2.29. The standard InChI is InChI=1S/C17H20ClN5O/c18-15-16(19)21-11-22-17(15)20-9-13-8-14(24)23(10-13)7-6-12-4-2-1-3-5-12/h1-5,11,13H,6-10H2,(H3,19,20,21,22)/t13-/m1/s1. The van der Waals surface area contributed by atoms with Crippen LogP contribution >= 0.6 is 11.6 Å². The molecule has 0 radical (unpaired) electrons. The zero-order chi connectivity index (χ0) is 16.9. The fourth-order valence-electron chi connectivity index (χ4n) is 2.86. The Hall–Kier alpha value is -2.34. The van der Waals surface area contributed by atoms with E-state index in [1.165, 1.54) is 11.9 Å². The van der Waals surface area contributed by atoms with Gasteiger partial charge in [-0.2, -0.15) is 0 Å². The molecule has 0 unspecified atom stereocenters. The van der Waals surface area contributed by atoms with Crippen LogP contribution in [0, 0.1) is 5.92 Å². The molecule has 1 aromatic heterocycles. The third kappa shape index (κ3) is 3.94. The molecule has 1 amide bonds. The van der Waals surface area contributed by atoms with Gasteiger partial charge in [0, 0.05) is 32.0 Å². The van der Waals surface area contributed by atoms with Gasteiger partial charge in [-0.3, -0.25) is 4.79 Å². The number of carbonyl (C=O) groups is 1. The number of hydrogen-bond donors (Lipinski definition) is 2. The van der Waals surface area contributed by atoms with Crippen molar-refractivity contribution in [1.29, 1.82) is 0 Å². The van der Waals surface area contributed by atoms with Crippen LogP contribution in [0.15, 0.2) is 36.7 Å². The molecule has 1 aliphatic heterocycles. The van der Waals surface area contributed by atoms with E-state index in [1.807, 2.05) is 23.1 Å². The Kier molecular flexibility index (Phi) is 5.15. The molecule has 1 fully saturated rings. The molecule has 126 valence electrons. The summed E-state index contributed by atoms with van der Waals surface area (Å²) in [5, 5.41) is 3.49. The summed E-state index contributed by atoms with van der Waals surface area (Å²) in [5.41, 5.74) is 6.90. The van der Waals surface area contributed by atoms with Crippen LogP contribution in [-0.2, 0) is 11.2 Å². The number of benzene rings is 1. The number of amides is 1. The molecule has 24 heavy (non-hydrogen) atoms. The summed E-state index contributed by atoms with van der Waals surface area (Å²) < 4.78 is 0. The maximum absolute atomic E-state index is 12.2. The molecule has 0 aliphatic carbocycles. The zero-order valence-electron chi connectivity index (χ0n) is 13.3. The lowest BCUT2D eigenvalue weighted by Crippen LogP contribution is -2.28. The summed E-state index contributed by atoms with van der Waals surface area (Å²) in [4.78, 5) is 22.0. The van der Waals surface area contributed by atoms with Crippen molar-refractivity contribution in [1.82, 2.24) is 14.9 Å². The van der Waals surface area contributed by atoms with Gasteiger partial charge >= 0.3 is 0 Å². The van der Waals surface area contributed by atoms with E-state index in [2.05, 4.69) is 27.4 Å². The number of hydrogen-bond acceptors (Lipinski definition) is 5. The first-order chi connectivity index (χ1) is 11.6. The van der Waals surface area contributed by atoms with Gasteiger partial charge in [-0.1, -0.05) is 41.9 Å². The minimum absolute atomic E-state index is 0.200. The quantitative estimate of drug-likeness (QED) is 0.838. The third-order valence-corrected chi connectivity index (χ3v) is 4.56. The first-order valence-corrected chi connectivity index (χ1v) is 8.33. The van der Waals surface area contributed by atoms with Crippen molar-refractivity contribution in [3.05, 3.63) is 47.2 Å². The Morgan fingerprint density at radius 2 is 2.08 bits per heavy atom. The molecular weight excluding hydrogens is 326 g/mol. The lowest BCUT2D eigenvalue weighted by atomic mass is 10.1. The summed E-state index contributed by atoms with van der Waals surface area (Å²) in [5.74, 6) is 1.20. The van der Waals surface area contributed by atoms with Crippen molar-refractivity contribution in [3.8, 4) is 0 Å². The fourth-order valence-corrected chi connectivity index (χ4v) is 3.03. The number of nitrogens with two attached hydrogens (primary N) is 1. The maximum atomic E-state index is 12.2. The van der Waals surface area contributed by atoms with Gasteiger partial charge in [-0.05, 0) is 12.0 Å². The third-order valence-electron chi connectivity index (χ3n) is 4.18. The van der Waals surface area contributed by atoms with Gasteiger partial charge in [0.05, 0.1) is 0 Å². The summed E-state index contributed by atoms with van der Waals surface area (Å²) in [6.07, 6.45) is 2.79. The first-order valence-electron chi connectivity index (χ1n) is 7.95. The van der Waals surface area contributed by atoms with Crippen LogP contribution in [0.25, 0.3) is 0 Å². The van der Waals surface area contributed by atoms with Crippen LogP contribution in [0.3, 0.4) is 0 Å². The number of likely N-dealkylation sites (tertiary alicyclic amines) is 1. The summed E-state index contributed by atoms with van der Waals surface area (Å²) in [7, 11) is 0. The van der Waals surface area contributed by atoms with Crippen LogP contribution in [0.5, 0.6) is 0 Å². The van der Waals surface area contributed by atoms with E-state index < -0.39 is 0 Å². The second-order valence-corrected chi connectivity index (χ2v) is 6.33. The number of nitrogens with one attached hydrogen (secondary N) is 1. The normalized spacial score (nSPS) is 17.3. The van der Waals surface area contributed by atoms with E-state index in [0.29, 0.717) is 23.8 Å². The van der Waals surface area contributed by atoms with Crippen molar-refractivity contribution >= 4 is 29.1 Å². The van der Waals surface area contributed by atoms with E-state index in [-0.39, 0.29) is 17.6 Å². The van der Waals surface area contributed by atoms with Crippen molar-refractivity contribution in [2.45, 2.75) is 12.8 Å². The highest BCUT2D eigenvalue weighted by atomic mass is 35.5. The molecule has 3 rings (SSSR count). The molecule has 3 N–H and O–H groups in total. The van der Waals surface area contributed by atoms with E-state index in [4.69, 9.17) is 17.3 Å². The molecule has 2 aromatic rings. The number of nitrogen functional groups attached to an aromatic ring is 1. The van der Waals surface area contributed by atoms with E-state index in [9.17, 15) is 4.79 Å². The Morgan fingerprint density at radius 1 is 1.29 bits per heavy atom. The SMILES string of the molecule is Nc1ncnc(NC[C@H]2CC(=O)N(CCc3ccccc3)C2)c1Cl. The van der Waals surface area contributed by atoms with Crippen LogP contribution in [0.4, 0.5) is 11.6 Å². The molecule has 0 bridgehead atoms. The Balaban J connectivity index is 1.50. The topological polar surface area (TPSA) is 84.1 Å². The number of halogens is 1. The molecule has 2 heterocycles. The van der Waals surface area contributed by atoms with Gasteiger partial charge < -0.3 is 16.0 Å². The van der Waals surface area contributed by atoms with Crippen molar-refractivity contribution in [2.24, 2.45) is 5.92 Å². The zero-order valence-corrected chi connectivity index (χ0v) is 14.0. The van der Waals surface area contributed by atoms with E-state index in [1.54, 1.807) is 0 Å². The van der Waals surface area contributed by atoms with E-state index in [0.717, 1.165) is 19.5 Å². The predicted octanol–water partition coefficient (Wildman–Crippen LogP) is 2.22. The van der Waals surface area contributed by atoms with Gasteiger partial charge in [-0.25, -0.2) is 9.97 Å². The monoisotopic (exact) mass is 345 g/mol. The van der Waals surface area contributed by atoms with Gasteiger partial charge in [0.2, 0.25) is 5.91 Å². The van der Waals surface area contributed by atoms with Crippen LogP contribution < -0.4 is 11.1 Å². The summed E-state index contributed by atoms with van der Waals surface area (Å²) >= 11 is 6.06. The average molecular weight is 346 g/mol. The number of nitrogens with zero attached hydrogens (tertiary/aromatic N) is 3. The summed E-state index contributed by atoms with van der Waals surface area (Å²) in [6.45, 7) is 2.13. The highest BCUT2D eigenvalue weighted by Crippen LogP contribution is 2.25. The molecule has 1 aliphatic rings.